The molecule has 2 rings (SSSR count). The first-order valence-corrected chi connectivity index (χ1v) is 8.86. The van der Waals surface area contributed by atoms with Crippen molar-refractivity contribution in [3.8, 4) is 0 Å². The van der Waals surface area contributed by atoms with Crippen LogP contribution < -0.4 is 5.43 Å². The van der Waals surface area contributed by atoms with E-state index < -0.39 is 0 Å². The lowest BCUT2D eigenvalue weighted by atomic mass is 10.2. The van der Waals surface area contributed by atoms with Crippen molar-refractivity contribution < 1.29 is 4.79 Å². The number of amides is 1. The van der Waals surface area contributed by atoms with Gasteiger partial charge in [0.2, 0.25) is 5.91 Å². The summed E-state index contributed by atoms with van der Waals surface area (Å²) in [6.45, 7) is 0. The van der Waals surface area contributed by atoms with Crippen LogP contribution in [0.2, 0.25) is 5.02 Å². The van der Waals surface area contributed by atoms with Crippen LogP contribution in [-0.4, -0.2) is 17.9 Å². The molecule has 6 heteroatoms. The van der Waals surface area contributed by atoms with Gasteiger partial charge in [-0.3, -0.25) is 4.79 Å². The van der Waals surface area contributed by atoms with Gasteiger partial charge in [0, 0.05) is 15.2 Å². The number of hydrazone groups is 1. The Labute approximate surface area is 147 Å². The first-order valence-electron chi connectivity index (χ1n) is 6.54. The summed E-state index contributed by atoms with van der Waals surface area (Å²) in [5.41, 5.74) is 4.46. The lowest BCUT2D eigenvalue weighted by molar-refractivity contribution is -0.118. The standard InChI is InChI=1S/C16H14BrClN2OS/c17-14-7-5-12(6-8-14)9-19-20-16(21)11-22-10-13-3-1-2-4-15(13)18/h1-9H,10-11H2,(H,20,21)/b19-9-. The number of nitrogens with one attached hydrogen (secondary N) is 1. The highest BCUT2D eigenvalue weighted by Gasteiger charge is 2.03. The second kappa shape index (κ2) is 8.98. The molecule has 0 fully saturated rings. The van der Waals surface area contributed by atoms with Crippen molar-refractivity contribution >= 4 is 51.4 Å². The monoisotopic (exact) mass is 396 g/mol. The number of carbonyl (C=O) groups is 1. The van der Waals surface area contributed by atoms with Crippen LogP contribution in [0.15, 0.2) is 58.1 Å². The topological polar surface area (TPSA) is 41.5 Å². The minimum Gasteiger partial charge on any atom is -0.272 e. The molecule has 2 aromatic rings. The molecular weight excluding hydrogens is 384 g/mol. The van der Waals surface area contributed by atoms with Crippen molar-refractivity contribution in [2.75, 3.05) is 5.75 Å². The Kier molecular flexibility index (Phi) is 6.96. The fourth-order valence-electron chi connectivity index (χ4n) is 1.63. The van der Waals surface area contributed by atoms with E-state index in [1.165, 1.54) is 11.8 Å². The number of rotatable bonds is 6. The van der Waals surface area contributed by atoms with E-state index in [2.05, 4.69) is 26.5 Å². The Balaban J connectivity index is 1.72. The van der Waals surface area contributed by atoms with Crippen molar-refractivity contribution in [1.82, 2.24) is 5.43 Å². The lowest BCUT2D eigenvalue weighted by Crippen LogP contribution is -2.19. The molecule has 114 valence electrons. The molecule has 0 saturated heterocycles. The highest BCUT2D eigenvalue weighted by Crippen LogP contribution is 2.20. The highest BCUT2D eigenvalue weighted by atomic mass is 79.9. The predicted molar refractivity (Wildman–Crippen MR) is 97.5 cm³/mol. The summed E-state index contributed by atoms with van der Waals surface area (Å²) in [6.07, 6.45) is 1.61. The third-order valence-electron chi connectivity index (χ3n) is 2.72. The number of hydrogen-bond donors (Lipinski definition) is 1. The van der Waals surface area contributed by atoms with Gasteiger partial charge in [-0.1, -0.05) is 57.9 Å². The quantitative estimate of drug-likeness (QED) is 0.576. The van der Waals surface area contributed by atoms with Crippen molar-refractivity contribution in [2.45, 2.75) is 5.75 Å². The number of halogens is 2. The van der Waals surface area contributed by atoms with E-state index in [1.807, 2.05) is 48.5 Å². The number of nitrogens with zero attached hydrogens (tertiary/aromatic N) is 1. The first kappa shape index (κ1) is 17.1. The van der Waals surface area contributed by atoms with E-state index in [9.17, 15) is 4.79 Å². The maximum Gasteiger partial charge on any atom is 0.250 e. The van der Waals surface area contributed by atoms with E-state index >= 15 is 0 Å². The van der Waals surface area contributed by atoms with Gasteiger partial charge >= 0.3 is 0 Å². The van der Waals surface area contributed by atoms with E-state index in [0.29, 0.717) is 11.5 Å². The van der Waals surface area contributed by atoms with Crippen LogP contribution in [0.25, 0.3) is 0 Å². The summed E-state index contributed by atoms with van der Waals surface area (Å²) in [6, 6.07) is 15.3. The van der Waals surface area contributed by atoms with Crippen molar-refractivity contribution in [1.29, 1.82) is 0 Å². The zero-order valence-corrected chi connectivity index (χ0v) is 14.8. The molecule has 0 atom stereocenters. The van der Waals surface area contributed by atoms with Gasteiger partial charge in [-0.05, 0) is 29.3 Å². The second-order valence-electron chi connectivity index (χ2n) is 4.43. The molecule has 0 bridgehead atoms. The minimum atomic E-state index is -0.134. The SMILES string of the molecule is O=C(CSCc1ccccc1Cl)N/N=C\c1ccc(Br)cc1. The van der Waals surface area contributed by atoms with Gasteiger partial charge < -0.3 is 0 Å². The number of benzene rings is 2. The van der Waals surface area contributed by atoms with Crippen LogP contribution in [0.3, 0.4) is 0 Å². The zero-order chi connectivity index (χ0) is 15.8. The summed E-state index contributed by atoms with van der Waals surface area (Å²) < 4.78 is 1.00. The molecule has 0 radical (unpaired) electrons. The van der Waals surface area contributed by atoms with Gasteiger partial charge in [0.15, 0.2) is 0 Å². The summed E-state index contributed by atoms with van der Waals surface area (Å²) in [7, 11) is 0. The highest BCUT2D eigenvalue weighted by molar-refractivity contribution is 9.10. The molecule has 0 aliphatic rings. The van der Waals surface area contributed by atoms with Gasteiger partial charge in [0.1, 0.15) is 0 Å². The average Bonchev–Trinajstić information content (AvgIpc) is 2.51. The maximum absolute atomic E-state index is 11.7. The molecule has 22 heavy (non-hydrogen) atoms. The number of thioether (sulfide) groups is 1. The van der Waals surface area contributed by atoms with Gasteiger partial charge in [-0.2, -0.15) is 5.10 Å². The second-order valence-corrected chi connectivity index (χ2v) is 6.74. The Morgan fingerprint density at radius 1 is 1.23 bits per heavy atom. The number of hydrogen-bond acceptors (Lipinski definition) is 3. The smallest absolute Gasteiger partial charge is 0.250 e. The fraction of sp³-hybridized carbons (Fsp3) is 0.125. The summed E-state index contributed by atoms with van der Waals surface area (Å²) in [5.74, 6) is 0.900. The summed E-state index contributed by atoms with van der Waals surface area (Å²) in [5, 5.41) is 4.66. The minimum absolute atomic E-state index is 0.134. The zero-order valence-electron chi connectivity index (χ0n) is 11.6. The molecule has 0 spiro atoms. The molecule has 0 aliphatic heterocycles. The third-order valence-corrected chi connectivity index (χ3v) is 4.60. The van der Waals surface area contributed by atoms with E-state index in [4.69, 9.17) is 11.6 Å². The summed E-state index contributed by atoms with van der Waals surface area (Å²) in [4.78, 5) is 11.7. The molecule has 0 saturated carbocycles. The molecule has 0 heterocycles. The molecule has 3 nitrogen and oxygen atoms in total. The van der Waals surface area contributed by atoms with Crippen LogP contribution in [0.1, 0.15) is 11.1 Å². The van der Waals surface area contributed by atoms with E-state index in [0.717, 1.165) is 20.6 Å². The number of carbonyl (C=O) groups excluding carboxylic acids is 1. The van der Waals surface area contributed by atoms with Crippen molar-refractivity contribution in [3.05, 3.63) is 69.2 Å². The Hall–Kier alpha value is -1.30. The first-order chi connectivity index (χ1) is 10.6. The largest absolute Gasteiger partial charge is 0.272 e. The molecular formula is C16H14BrClN2OS. The molecule has 0 aromatic heterocycles. The van der Waals surface area contributed by atoms with Crippen LogP contribution in [0.4, 0.5) is 0 Å². The van der Waals surface area contributed by atoms with Gasteiger partial charge in [0.05, 0.1) is 12.0 Å². The van der Waals surface area contributed by atoms with Crippen LogP contribution >= 0.6 is 39.3 Å². The third kappa shape index (κ3) is 5.83. The van der Waals surface area contributed by atoms with Crippen LogP contribution in [0.5, 0.6) is 0 Å². The molecule has 1 N–H and O–H groups in total. The molecule has 0 unspecified atom stereocenters. The fourth-order valence-corrected chi connectivity index (χ4v) is 3.00. The lowest BCUT2D eigenvalue weighted by Gasteiger charge is -2.03. The Morgan fingerprint density at radius 2 is 1.95 bits per heavy atom. The summed E-state index contributed by atoms with van der Waals surface area (Å²) >= 11 is 10.9. The molecule has 1 amide bonds. The van der Waals surface area contributed by atoms with Crippen LogP contribution in [-0.2, 0) is 10.5 Å². The Bertz CT molecular complexity index is 661. The van der Waals surface area contributed by atoms with Crippen molar-refractivity contribution in [2.24, 2.45) is 5.10 Å². The van der Waals surface area contributed by atoms with Crippen LogP contribution in [0, 0.1) is 0 Å². The van der Waals surface area contributed by atoms with Crippen molar-refractivity contribution in [3.63, 3.8) is 0 Å². The molecule has 0 aliphatic carbocycles. The molecule has 2 aromatic carbocycles. The van der Waals surface area contributed by atoms with Gasteiger partial charge in [-0.25, -0.2) is 5.43 Å². The van der Waals surface area contributed by atoms with Gasteiger partial charge in [-0.15, -0.1) is 11.8 Å². The van der Waals surface area contributed by atoms with Gasteiger partial charge in [0.25, 0.3) is 0 Å². The Morgan fingerprint density at radius 3 is 2.68 bits per heavy atom. The normalized spacial score (nSPS) is 10.8. The average molecular weight is 398 g/mol. The predicted octanol–water partition coefficient (Wildman–Crippen LogP) is 4.49. The maximum atomic E-state index is 11.7. The van der Waals surface area contributed by atoms with E-state index in [-0.39, 0.29) is 5.91 Å². The van der Waals surface area contributed by atoms with E-state index in [1.54, 1.807) is 6.21 Å².